The molecule has 2 aromatic carbocycles. The van der Waals surface area contributed by atoms with Crippen LogP contribution in [-0.4, -0.2) is 36.8 Å². The van der Waals surface area contributed by atoms with Crippen LogP contribution in [0.15, 0.2) is 58.5 Å². The molecule has 0 spiro atoms. The predicted octanol–water partition coefficient (Wildman–Crippen LogP) is 8.25. The topological polar surface area (TPSA) is 31.2 Å². The summed E-state index contributed by atoms with van der Waals surface area (Å²) in [6.07, 6.45) is 0. The van der Waals surface area contributed by atoms with Crippen molar-refractivity contribution in [3.63, 3.8) is 0 Å². The van der Waals surface area contributed by atoms with E-state index in [1.807, 2.05) is 0 Å². The molecule has 0 unspecified atom stereocenters. The lowest BCUT2D eigenvalue weighted by atomic mass is 9.86. The van der Waals surface area contributed by atoms with Crippen LogP contribution in [0.1, 0.15) is 94.2 Å². The van der Waals surface area contributed by atoms with Crippen molar-refractivity contribution in [1.82, 2.24) is 0 Å². The van der Waals surface area contributed by atoms with E-state index in [4.69, 9.17) is 9.98 Å². The molecule has 4 heteroatoms. The number of amidine groups is 2. The first-order valence-electron chi connectivity index (χ1n) is 14.3. The van der Waals surface area contributed by atoms with Gasteiger partial charge in [0.25, 0.3) is 0 Å². The Labute approximate surface area is 232 Å². The van der Waals surface area contributed by atoms with Gasteiger partial charge in [0.05, 0.1) is 12.1 Å². The van der Waals surface area contributed by atoms with Crippen LogP contribution in [0.3, 0.4) is 0 Å². The molecule has 0 saturated carbocycles. The van der Waals surface area contributed by atoms with E-state index in [1.54, 1.807) is 0 Å². The maximum absolute atomic E-state index is 5.42. The van der Waals surface area contributed by atoms with E-state index in [0.717, 1.165) is 24.8 Å². The average Bonchev–Trinajstić information content (AvgIpc) is 3.43. The Morgan fingerprint density at radius 1 is 0.553 bits per heavy atom. The quantitative estimate of drug-likeness (QED) is 0.413. The van der Waals surface area contributed by atoms with E-state index < -0.39 is 0 Å². The van der Waals surface area contributed by atoms with Crippen LogP contribution in [0.4, 0.5) is 11.4 Å². The van der Waals surface area contributed by atoms with Gasteiger partial charge in [0.15, 0.2) is 11.7 Å². The van der Waals surface area contributed by atoms with Gasteiger partial charge in [0.2, 0.25) is 0 Å². The van der Waals surface area contributed by atoms with Crippen LogP contribution in [0.25, 0.3) is 0 Å². The molecule has 4 rings (SSSR count). The molecule has 2 aromatic rings. The Kier molecular flexibility index (Phi) is 7.12. The Morgan fingerprint density at radius 2 is 0.895 bits per heavy atom. The van der Waals surface area contributed by atoms with E-state index in [0.29, 0.717) is 0 Å². The summed E-state index contributed by atoms with van der Waals surface area (Å²) in [6.45, 7) is 29.2. The molecule has 0 radical (unpaired) electrons. The number of rotatable bonds is 3. The van der Waals surface area contributed by atoms with Crippen molar-refractivity contribution >= 4 is 23.0 Å². The fraction of sp³-hybridized carbons (Fsp3) is 0.588. The number of hydrogen-bond donors (Lipinski definition) is 0. The summed E-state index contributed by atoms with van der Waals surface area (Å²) in [6, 6.07) is 18.4. The van der Waals surface area contributed by atoms with Gasteiger partial charge in [-0.3, -0.25) is 9.98 Å². The normalized spacial score (nSPS) is 21.2. The highest BCUT2D eigenvalue weighted by molar-refractivity contribution is 6.50. The number of anilines is 2. The van der Waals surface area contributed by atoms with Crippen molar-refractivity contribution in [3.8, 4) is 0 Å². The molecule has 0 bridgehead atoms. The van der Waals surface area contributed by atoms with Crippen molar-refractivity contribution in [3.05, 3.63) is 59.7 Å². The molecule has 2 heterocycles. The Balaban J connectivity index is 1.85. The van der Waals surface area contributed by atoms with E-state index >= 15 is 0 Å². The second kappa shape index (κ2) is 9.54. The highest BCUT2D eigenvalue weighted by Crippen LogP contribution is 2.37. The van der Waals surface area contributed by atoms with E-state index in [2.05, 4.69) is 141 Å². The lowest BCUT2D eigenvalue weighted by molar-refractivity contribution is 0.337. The van der Waals surface area contributed by atoms with Crippen molar-refractivity contribution in [2.75, 3.05) is 22.9 Å². The van der Waals surface area contributed by atoms with Crippen LogP contribution in [-0.2, 0) is 10.8 Å². The van der Waals surface area contributed by atoms with Gasteiger partial charge >= 0.3 is 0 Å². The summed E-state index contributed by atoms with van der Waals surface area (Å²) in [7, 11) is 0. The molecule has 206 valence electrons. The third-order valence-electron chi connectivity index (χ3n) is 8.03. The SMILES string of the molecule is CC(C)(C)c1cccc(N2C[C@@H](C(C)(C)C)N=C2C2=N[C@@H](C(C)(C)C)CN2c2cccc(C(C)(C)C)c2)c1. The van der Waals surface area contributed by atoms with Gasteiger partial charge in [0, 0.05) is 24.5 Å². The van der Waals surface area contributed by atoms with Gasteiger partial charge < -0.3 is 9.80 Å². The summed E-state index contributed by atoms with van der Waals surface area (Å²) in [5.74, 6) is 2.01. The second-order valence-corrected chi connectivity index (χ2v) is 15.5. The Bertz CT molecular complexity index is 1130. The van der Waals surface area contributed by atoms with Crippen molar-refractivity contribution < 1.29 is 0 Å². The maximum atomic E-state index is 5.42. The van der Waals surface area contributed by atoms with Crippen molar-refractivity contribution in [2.45, 2.75) is 106 Å². The lowest BCUT2D eigenvalue weighted by Crippen LogP contribution is -2.43. The molecule has 2 aliphatic heterocycles. The van der Waals surface area contributed by atoms with Crippen molar-refractivity contribution in [1.29, 1.82) is 0 Å². The summed E-state index contributed by atoms with van der Waals surface area (Å²) in [5.41, 5.74) is 5.36. The minimum atomic E-state index is 0.0568. The molecule has 0 aromatic heterocycles. The molecule has 2 atom stereocenters. The molecule has 0 fully saturated rings. The van der Waals surface area contributed by atoms with Crippen LogP contribution < -0.4 is 9.80 Å². The van der Waals surface area contributed by atoms with Gasteiger partial charge in [-0.15, -0.1) is 0 Å². The van der Waals surface area contributed by atoms with Gasteiger partial charge in [0.1, 0.15) is 0 Å². The largest absolute Gasteiger partial charge is 0.321 e. The predicted molar refractivity (Wildman–Crippen MR) is 166 cm³/mol. The smallest absolute Gasteiger partial charge is 0.172 e. The Morgan fingerprint density at radius 3 is 1.18 bits per heavy atom. The molecule has 0 amide bonds. The fourth-order valence-corrected chi connectivity index (χ4v) is 5.06. The monoisotopic (exact) mass is 514 g/mol. The summed E-state index contributed by atoms with van der Waals surface area (Å²) in [5, 5.41) is 0. The van der Waals surface area contributed by atoms with E-state index in [1.165, 1.54) is 22.5 Å². The first-order valence-corrected chi connectivity index (χ1v) is 14.3. The third-order valence-corrected chi connectivity index (χ3v) is 8.03. The summed E-state index contributed by atoms with van der Waals surface area (Å²) < 4.78 is 0. The molecule has 38 heavy (non-hydrogen) atoms. The van der Waals surface area contributed by atoms with Crippen LogP contribution in [0.5, 0.6) is 0 Å². The van der Waals surface area contributed by atoms with Crippen LogP contribution in [0.2, 0.25) is 0 Å². The first-order chi connectivity index (χ1) is 17.4. The molecular weight excluding hydrogens is 464 g/mol. The van der Waals surface area contributed by atoms with Crippen LogP contribution >= 0.6 is 0 Å². The van der Waals surface area contributed by atoms with E-state index in [9.17, 15) is 0 Å². The average molecular weight is 515 g/mol. The first kappa shape index (κ1) is 28.4. The Hall–Kier alpha value is -2.62. The summed E-state index contributed by atoms with van der Waals surface area (Å²) >= 11 is 0. The molecule has 2 aliphatic rings. The minimum absolute atomic E-state index is 0.0568. The fourth-order valence-electron chi connectivity index (χ4n) is 5.06. The number of nitrogens with zero attached hydrogens (tertiary/aromatic N) is 4. The van der Waals surface area contributed by atoms with Crippen molar-refractivity contribution in [2.24, 2.45) is 20.8 Å². The van der Waals surface area contributed by atoms with E-state index in [-0.39, 0.29) is 33.7 Å². The minimum Gasteiger partial charge on any atom is -0.321 e. The molecule has 0 aliphatic carbocycles. The highest BCUT2D eigenvalue weighted by atomic mass is 15.4. The summed E-state index contributed by atoms with van der Waals surface area (Å²) in [4.78, 5) is 15.7. The maximum Gasteiger partial charge on any atom is 0.172 e. The molecule has 0 N–H and O–H groups in total. The standard InChI is InChI=1S/C34H50N4/c1-31(2,3)23-15-13-17-25(19-23)37-21-27(33(7,8)9)35-29(37)30-36-28(34(10,11)12)22-38(30)26-18-14-16-24(20-26)32(4,5)6/h13-20,27-28H,21-22H2,1-12H3/t27-,28+. The van der Waals surface area contributed by atoms with Gasteiger partial charge in [-0.1, -0.05) is 107 Å². The molecular formula is C34H50N4. The van der Waals surface area contributed by atoms with Gasteiger partial charge in [-0.05, 0) is 57.1 Å². The van der Waals surface area contributed by atoms with Gasteiger partial charge in [-0.2, -0.15) is 0 Å². The zero-order chi connectivity index (χ0) is 28.3. The molecule has 4 nitrogen and oxygen atoms in total. The number of benzene rings is 2. The lowest BCUT2D eigenvalue weighted by Gasteiger charge is -2.30. The second-order valence-electron chi connectivity index (χ2n) is 15.5. The third kappa shape index (κ3) is 5.84. The number of hydrogen-bond acceptors (Lipinski definition) is 4. The molecule has 0 saturated heterocycles. The zero-order valence-corrected chi connectivity index (χ0v) is 26.0. The highest BCUT2D eigenvalue weighted by Gasteiger charge is 2.42. The zero-order valence-electron chi connectivity index (χ0n) is 26.0. The number of aliphatic imine (C=N–C) groups is 2. The van der Waals surface area contributed by atoms with Gasteiger partial charge in [-0.25, -0.2) is 0 Å². The van der Waals surface area contributed by atoms with Crippen LogP contribution in [0, 0.1) is 10.8 Å².